The third kappa shape index (κ3) is 4.64. The topological polar surface area (TPSA) is 59.4 Å². The summed E-state index contributed by atoms with van der Waals surface area (Å²) in [5.74, 6) is -0.499. The van der Waals surface area contributed by atoms with Gasteiger partial charge in [0.2, 0.25) is 0 Å². The van der Waals surface area contributed by atoms with Crippen molar-refractivity contribution in [2.45, 2.75) is 18.9 Å². The van der Waals surface area contributed by atoms with Gasteiger partial charge in [-0.3, -0.25) is 4.79 Å². The highest BCUT2D eigenvalue weighted by Gasteiger charge is 2.20. The lowest BCUT2D eigenvalue weighted by Crippen LogP contribution is -2.40. The van der Waals surface area contributed by atoms with Crippen LogP contribution in [-0.4, -0.2) is 48.9 Å². The van der Waals surface area contributed by atoms with Crippen LogP contribution in [-0.2, 0) is 4.79 Å². The van der Waals surface area contributed by atoms with Crippen molar-refractivity contribution >= 4 is 34.8 Å². The number of hydrogen-bond donors (Lipinski definition) is 1. The van der Waals surface area contributed by atoms with E-state index in [1.807, 2.05) is 18.0 Å². The number of nitriles is 1. The van der Waals surface area contributed by atoms with Crippen molar-refractivity contribution in [3.05, 3.63) is 40.0 Å². The second-order valence-corrected chi connectivity index (χ2v) is 6.70. The maximum atomic E-state index is 12.3. The van der Waals surface area contributed by atoms with Gasteiger partial charge in [-0.05, 0) is 45.1 Å². The summed E-state index contributed by atoms with van der Waals surface area (Å²) in [6, 6.07) is 7.24. The molecule has 5 nitrogen and oxygen atoms in total. The molecule has 0 aliphatic carbocycles. The average molecular weight is 367 g/mol. The molecule has 0 aromatic heterocycles. The fourth-order valence-electron chi connectivity index (χ4n) is 2.64. The third-order valence-electron chi connectivity index (χ3n) is 4.16. The van der Waals surface area contributed by atoms with Crippen LogP contribution in [0.15, 0.2) is 30.0 Å². The van der Waals surface area contributed by atoms with E-state index in [1.165, 1.54) is 0 Å². The Morgan fingerprint density at radius 3 is 2.71 bits per heavy atom. The Bertz CT molecular complexity index is 676. The number of likely N-dealkylation sites (tertiary alicyclic amines) is 1. The van der Waals surface area contributed by atoms with Crippen molar-refractivity contribution in [2.24, 2.45) is 0 Å². The lowest BCUT2D eigenvalue weighted by Gasteiger charge is -2.34. The van der Waals surface area contributed by atoms with Crippen molar-refractivity contribution < 1.29 is 4.79 Å². The van der Waals surface area contributed by atoms with E-state index >= 15 is 0 Å². The number of rotatable bonds is 4. The summed E-state index contributed by atoms with van der Waals surface area (Å²) in [5.41, 5.74) is 0.421. The molecule has 1 aliphatic rings. The fourth-order valence-corrected chi connectivity index (χ4v) is 2.99. The quantitative estimate of drug-likeness (QED) is 0.655. The van der Waals surface area contributed by atoms with Gasteiger partial charge in [0.15, 0.2) is 0 Å². The first-order chi connectivity index (χ1) is 11.4. The van der Waals surface area contributed by atoms with Gasteiger partial charge in [-0.1, -0.05) is 29.3 Å². The van der Waals surface area contributed by atoms with Crippen molar-refractivity contribution in [3.8, 4) is 6.07 Å². The molecule has 0 spiro atoms. The summed E-state index contributed by atoms with van der Waals surface area (Å²) >= 11 is 12.0. The smallest absolute Gasteiger partial charge is 0.267 e. The molecular formula is C17H20Cl2N4O. The van der Waals surface area contributed by atoms with Gasteiger partial charge in [-0.25, -0.2) is 0 Å². The number of anilines is 1. The Hall–Kier alpha value is -1.74. The van der Waals surface area contributed by atoms with Crippen LogP contribution >= 0.6 is 23.2 Å². The number of hydrogen-bond acceptors (Lipinski definition) is 4. The highest BCUT2D eigenvalue weighted by atomic mass is 35.5. The summed E-state index contributed by atoms with van der Waals surface area (Å²) in [4.78, 5) is 16.6. The Morgan fingerprint density at radius 1 is 1.42 bits per heavy atom. The van der Waals surface area contributed by atoms with Crippen LogP contribution < -0.4 is 5.32 Å². The van der Waals surface area contributed by atoms with Gasteiger partial charge in [0, 0.05) is 19.3 Å². The molecule has 24 heavy (non-hydrogen) atoms. The van der Waals surface area contributed by atoms with E-state index in [2.05, 4.69) is 17.3 Å². The molecule has 7 heteroatoms. The zero-order chi connectivity index (χ0) is 17.7. The highest BCUT2D eigenvalue weighted by Crippen LogP contribution is 2.29. The largest absolute Gasteiger partial charge is 0.376 e. The molecule has 0 bridgehead atoms. The summed E-state index contributed by atoms with van der Waals surface area (Å²) in [6.45, 7) is 2.02. The Labute approximate surface area is 152 Å². The Kier molecular flexibility index (Phi) is 6.50. The summed E-state index contributed by atoms with van der Waals surface area (Å²) in [5, 5.41) is 12.6. The third-order valence-corrected chi connectivity index (χ3v) is 4.98. The number of piperidine rings is 1. The van der Waals surface area contributed by atoms with Crippen LogP contribution in [0.1, 0.15) is 12.8 Å². The minimum Gasteiger partial charge on any atom is -0.376 e. The molecule has 0 saturated carbocycles. The van der Waals surface area contributed by atoms with E-state index in [-0.39, 0.29) is 10.6 Å². The Balaban J connectivity index is 2.08. The maximum absolute atomic E-state index is 12.3. The van der Waals surface area contributed by atoms with Crippen LogP contribution in [0.5, 0.6) is 0 Å². The monoisotopic (exact) mass is 366 g/mol. The molecule has 1 saturated heterocycles. The second kappa shape index (κ2) is 8.39. The first kappa shape index (κ1) is 18.6. The molecule has 1 amide bonds. The standard InChI is InChI=1S/C17H20Cl2N4O/c1-22-8-6-13(7-9-22)23(2)11-12(10-20)17(24)21-15-5-3-4-14(18)16(15)19/h3-5,11,13H,6-9H2,1-2H3,(H,21,24)/b12-11-. The molecule has 1 aromatic carbocycles. The van der Waals surface area contributed by atoms with Crippen LogP contribution in [0, 0.1) is 11.3 Å². The zero-order valence-electron chi connectivity index (χ0n) is 13.7. The molecule has 1 fully saturated rings. The zero-order valence-corrected chi connectivity index (χ0v) is 15.2. The van der Waals surface area contributed by atoms with E-state index in [0.29, 0.717) is 16.8 Å². The lowest BCUT2D eigenvalue weighted by atomic mass is 10.0. The minimum atomic E-state index is -0.499. The van der Waals surface area contributed by atoms with Crippen molar-refractivity contribution in [3.63, 3.8) is 0 Å². The van der Waals surface area contributed by atoms with Crippen LogP contribution in [0.2, 0.25) is 10.0 Å². The molecule has 0 radical (unpaired) electrons. The average Bonchev–Trinajstić information content (AvgIpc) is 2.57. The van der Waals surface area contributed by atoms with Crippen molar-refractivity contribution in [1.29, 1.82) is 5.26 Å². The maximum Gasteiger partial charge on any atom is 0.267 e. The molecule has 0 atom stereocenters. The predicted octanol–water partition coefficient (Wildman–Crippen LogP) is 3.37. The molecule has 128 valence electrons. The van der Waals surface area contributed by atoms with E-state index in [9.17, 15) is 10.1 Å². The minimum absolute atomic E-state index is 0.0347. The van der Waals surface area contributed by atoms with E-state index in [4.69, 9.17) is 23.2 Å². The molecule has 1 heterocycles. The van der Waals surface area contributed by atoms with Gasteiger partial charge in [-0.2, -0.15) is 5.26 Å². The van der Waals surface area contributed by atoms with Gasteiger partial charge in [-0.15, -0.1) is 0 Å². The molecule has 1 aromatic rings. The molecule has 1 aliphatic heterocycles. The first-order valence-corrected chi connectivity index (χ1v) is 8.45. The normalized spacial score (nSPS) is 16.5. The summed E-state index contributed by atoms with van der Waals surface area (Å²) < 4.78 is 0. The lowest BCUT2D eigenvalue weighted by molar-refractivity contribution is -0.112. The number of nitrogens with zero attached hydrogens (tertiary/aromatic N) is 3. The SMILES string of the molecule is CN1CCC(N(C)/C=C(/C#N)C(=O)Nc2cccc(Cl)c2Cl)CC1. The van der Waals surface area contributed by atoms with Gasteiger partial charge >= 0.3 is 0 Å². The molecular weight excluding hydrogens is 347 g/mol. The number of carbonyl (C=O) groups is 1. The highest BCUT2D eigenvalue weighted by molar-refractivity contribution is 6.44. The van der Waals surface area contributed by atoms with E-state index in [0.717, 1.165) is 25.9 Å². The van der Waals surface area contributed by atoms with Crippen molar-refractivity contribution in [1.82, 2.24) is 9.80 Å². The van der Waals surface area contributed by atoms with Gasteiger partial charge in [0.25, 0.3) is 5.91 Å². The Morgan fingerprint density at radius 2 is 2.08 bits per heavy atom. The van der Waals surface area contributed by atoms with E-state index < -0.39 is 5.91 Å². The van der Waals surface area contributed by atoms with Gasteiger partial charge < -0.3 is 15.1 Å². The second-order valence-electron chi connectivity index (χ2n) is 5.91. The number of carbonyl (C=O) groups excluding carboxylic acids is 1. The van der Waals surface area contributed by atoms with Gasteiger partial charge in [0.05, 0.1) is 15.7 Å². The molecule has 1 N–H and O–H groups in total. The summed E-state index contributed by atoms with van der Waals surface area (Å²) in [7, 11) is 3.99. The number of benzene rings is 1. The predicted molar refractivity (Wildman–Crippen MR) is 97.1 cm³/mol. The van der Waals surface area contributed by atoms with E-state index in [1.54, 1.807) is 24.4 Å². The number of nitrogens with one attached hydrogen (secondary N) is 1. The number of amides is 1. The van der Waals surface area contributed by atoms with Crippen molar-refractivity contribution in [2.75, 3.05) is 32.5 Å². The molecule has 0 unspecified atom stereocenters. The van der Waals surface area contributed by atoms with Gasteiger partial charge in [0.1, 0.15) is 11.6 Å². The van der Waals surface area contributed by atoms with Crippen LogP contribution in [0.4, 0.5) is 5.69 Å². The first-order valence-electron chi connectivity index (χ1n) is 7.70. The summed E-state index contributed by atoms with van der Waals surface area (Å²) in [6.07, 6.45) is 3.61. The molecule has 2 rings (SSSR count). The van der Waals surface area contributed by atoms with Crippen LogP contribution in [0.3, 0.4) is 0 Å². The van der Waals surface area contributed by atoms with Crippen LogP contribution in [0.25, 0.3) is 0 Å². The fraction of sp³-hybridized carbons (Fsp3) is 0.412. The number of halogens is 2.